The zero-order valence-corrected chi connectivity index (χ0v) is 11.2. The maximum absolute atomic E-state index is 11.8. The average molecular weight is 293 g/mol. The van der Waals surface area contributed by atoms with E-state index in [0.717, 1.165) is 0 Å². The molecule has 0 aliphatic carbocycles. The van der Waals surface area contributed by atoms with Gasteiger partial charge >= 0.3 is 11.7 Å². The van der Waals surface area contributed by atoms with E-state index in [4.69, 9.17) is 15.3 Å². The number of hydrogen-bond acceptors (Lipinski definition) is 5. The number of amides is 1. The number of carbonyl (C=O) groups excluding carboxylic acids is 1. The first-order valence-electron chi connectivity index (χ1n) is 6.28. The highest BCUT2D eigenvalue weighted by Crippen LogP contribution is 2.11. The van der Waals surface area contributed by atoms with Crippen LogP contribution < -0.4 is 11.5 Å². The molecular formula is C13H15N3O5. The fraction of sp³-hybridized carbons (Fsp3) is 0.308. The molecule has 0 fully saturated rings. The molecule has 0 saturated carbocycles. The zero-order valence-electron chi connectivity index (χ0n) is 11.2. The van der Waals surface area contributed by atoms with Crippen LogP contribution in [0.1, 0.15) is 0 Å². The number of carboxylic acid groups (broad SMARTS) is 1. The molecule has 0 atom stereocenters. The van der Waals surface area contributed by atoms with Gasteiger partial charge in [-0.3, -0.25) is 19.1 Å². The van der Waals surface area contributed by atoms with E-state index < -0.39 is 17.6 Å². The van der Waals surface area contributed by atoms with Gasteiger partial charge < -0.3 is 15.3 Å². The highest BCUT2D eigenvalue weighted by atomic mass is 16.4. The molecule has 0 aliphatic heterocycles. The molecule has 0 unspecified atom stereocenters. The third-order valence-electron chi connectivity index (χ3n) is 2.95. The van der Waals surface area contributed by atoms with Gasteiger partial charge in [0.1, 0.15) is 0 Å². The molecular weight excluding hydrogens is 278 g/mol. The second-order valence-corrected chi connectivity index (χ2v) is 4.56. The van der Waals surface area contributed by atoms with Crippen LogP contribution >= 0.6 is 0 Å². The number of benzene rings is 1. The minimum absolute atomic E-state index is 0.184. The SMILES string of the molecule is NC(=O)CN(CCn1c(=O)oc2ccccc21)CC(=O)O. The van der Waals surface area contributed by atoms with E-state index in [9.17, 15) is 14.4 Å². The van der Waals surface area contributed by atoms with Crippen LogP contribution in [0, 0.1) is 0 Å². The van der Waals surface area contributed by atoms with E-state index >= 15 is 0 Å². The van der Waals surface area contributed by atoms with Crippen LogP contribution in [0.2, 0.25) is 0 Å². The van der Waals surface area contributed by atoms with E-state index in [1.165, 1.54) is 9.47 Å². The Bertz CT molecular complexity index is 702. The number of fused-ring (bicyclic) bond motifs is 1. The predicted molar refractivity (Wildman–Crippen MR) is 73.7 cm³/mol. The van der Waals surface area contributed by atoms with Crippen molar-refractivity contribution < 1.29 is 19.1 Å². The molecule has 0 aliphatic rings. The number of carboxylic acids is 1. The molecule has 8 heteroatoms. The second-order valence-electron chi connectivity index (χ2n) is 4.56. The van der Waals surface area contributed by atoms with Gasteiger partial charge in [0.25, 0.3) is 0 Å². The van der Waals surface area contributed by atoms with Gasteiger partial charge in [0.05, 0.1) is 18.6 Å². The fourth-order valence-electron chi connectivity index (χ4n) is 2.09. The lowest BCUT2D eigenvalue weighted by atomic mass is 10.3. The molecule has 21 heavy (non-hydrogen) atoms. The summed E-state index contributed by atoms with van der Waals surface area (Å²) in [4.78, 5) is 34.8. The summed E-state index contributed by atoms with van der Waals surface area (Å²) in [5, 5.41) is 8.80. The Morgan fingerprint density at radius 1 is 1.29 bits per heavy atom. The molecule has 1 aromatic carbocycles. The highest BCUT2D eigenvalue weighted by Gasteiger charge is 2.14. The van der Waals surface area contributed by atoms with Crippen LogP contribution in [0.5, 0.6) is 0 Å². The molecule has 0 bridgehead atoms. The van der Waals surface area contributed by atoms with Crippen LogP contribution in [-0.2, 0) is 16.1 Å². The number of aliphatic carboxylic acids is 1. The van der Waals surface area contributed by atoms with Crippen molar-refractivity contribution >= 4 is 23.0 Å². The summed E-state index contributed by atoms with van der Waals surface area (Å²) >= 11 is 0. The minimum atomic E-state index is -1.07. The highest BCUT2D eigenvalue weighted by molar-refractivity contribution is 5.77. The number of para-hydroxylation sites is 2. The first-order chi connectivity index (χ1) is 9.97. The van der Waals surface area contributed by atoms with Crippen molar-refractivity contribution in [1.29, 1.82) is 0 Å². The number of rotatable bonds is 7. The van der Waals surface area contributed by atoms with Crippen LogP contribution in [-0.4, -0.2) is 46.1 Å². The molecule has 2 rings (SSSR count). The number of hydrogen-bond donors (Lipinski definition) is 2. The third-order valence-corrected chi connectivity index (χ3v) is 2.95. The van der Waals surface area contributed by atoms with Gasteiger partial charge in [-0.05, 0) is 12.1 Å². The van der Waals surface area contributed by atoms with E-state index in [0.29, 0.717) is 11.1 Å². The first kappa shape index (κ1) is 14.8. The molecule has 1 amide bonds. The summed E-state index contributed by atoms with van der Waals surface area (Å²) < 4.78 is 6.47. The smallest absolute Gasteiger partial charge is 0.419 e. The largest absolute Gasteiger partial charge is 0.480 e. The van der Waals surface area contributed by atoms with Gasteiger partial charge in [-0.15, -0.1) is 0 Å². The summed E-state index contributed by atoms with van der Waals surface area (Å²) in [6.07, 6.45) is 0. The molecule has 2 aromatic rings. The molecule has 0 radical (unpaired) electrons. The molecule has 3 N–H and O–H groups in total. The zero-order chi connectivity index (χ0) is 15.4. The van der Waals surface area contributed by atoms with Gasteiger partial charge in [0.2, 0.25) is 5.91 Å². The van der Waals surface area contributed by atoms with Crippen LogP contribution in [0.15, 0.2) is 33.5 Å². The predicted octanol–water partition coefficient (Wildman–Crippen LogP) is -0.534. The van der Waals surface area contributed by atoms with Crippen molar-refractivity contribution in [1.82, 2.24) is 9.47 Å². The molecule has 8 nitrogen and oxygen atoms in total. The molecule has 1 aromatic heterocycles. The number of primary amides is 1. The van der Waals surface area contributed by atoms with E-state index in [1.807, 2.05) is 0 Å². The lowest BCUT2D eigenvalue weighted by molar-refractivity contribution is -0.138. The van der Waals surface area contributed by atoms with Crippen LogP contribution in [0.25, 0.3) is 11.1 Å². The van der Waals surface area contributed by atoms with Crippen molar-refractivity contribution in [3.8, 4) is 0 Å². The molecule has 112 valence electrons. The Balaban J connectivity index is 2.15. The Morgan fingerprint density at radius 2 is 2.00 bits per heavy atom. The third kappa shape index (κ3) is 3.69. The molecule has 1 heterocycles. The Hall–Kier alpha value is -2.61. The van der Waals surface area contributed by atoms with Crippen molar-refractivity contribution in [2.75, 3.05) is 19.6 Å². The van der Waals surface area contributed by atoms with Crippen LogP contribution in [0.3, 0.4) is 0 Å². The van der Waals surface area contributed by atoms with Crippen molar-refractivity contribution in [3.05, 3.63) is 34.8 Å². The van der Waals surface area contributed by atoms with Crippen molar-refractivity contribution in [2.45, 2.75) is 6.54 Å². The van der Waals surface area contributed by atoms with E-state index in [-0.39, 0.29) is 26.2 Å². The fourth-order valence-corrected chi connectivity index (χ4v) is 2.09. The van der Waals surface area contributed by atoms with Gasteiger partial charge in [-0.1, -0.05) is 12.1 Å². The number of nitrogens with two attached hydrogens (primary N) is 1. The monoisotopic (exact) mass is 293 g/mol. The topological polar surface area (TPSA) is 119 Å². The average Bonchev–Trinajstić information content (AvgIpc) is 2.70. The Labute approximate surface area is 119 Å². The van der Waals surface area contributed by atoms with Gasteiger partial charge in [-0.2, -0.15) is 0 Å². The molecule has 0 saturated heterocycles. The summed E-state index contributed by atoms with van der Waals surface area (Å²) in [7, 11) is 0. The maximum atomic E-state index is 11.8. The summed E-state index contributed by atoms with van der Waals surface area (Å²) in [5.74, 6) is -2.22. The lowest BCUT2D eigenvalue weighted by Gasteiger charge is -2.18. The summed E-state index contributed by atoms with van der Waals surface area (Å²) in [6, 6.07) is 6.92. The number of oxazole rings is 1. The van der Waals surface area contributed by atoms with Crippen LogP contribution in [0.4, 0.5) is 0 Å². The number of aromatic nitrogens is 1. The van der Waals surface area contributed by atoms with Crippen molar-refractivity contribution in [2.24, 2.45) is 5.73 Å². The van der Waals surface area contributed by atoms with Crippen molar-refractivity contribution in [3.63, 3.8) is 0 Å². The van der Waals surface area contributed by atoms with E-state index in [1.54, 1.807) is 24.3 Å². The number of nitrogens with zero attached hydrogens (tertiary/aromatic N) is 2. The molecule has 0 spiro atoms. The second kappa shape index (κ2) is 6.23. The van der Waals surface area contributed by atoms with E-state index in [2.05, 4.69) is 0 Å². The quantitative estimate of drug-likeness (QED) is 0.708. The van der Waals surface area contributed by atoms with Gasteiger partial charge in [0.15, 0.2) is 5.58 Å². The van der Waals surface area contributed by atoms with Gasteiger partial charge in [0, 0.05) is 13.1 Å². The number of carbonyl (C=O) groups is 2. The summed E-state index contributed by atoms with van der Waals surface area (Å²) in [5.41, 5.74) is 6.16. The summed E-state index contributed by atoms with van der Waals surface area (Å²) in [6.45, 7) is -0.112. The lowest BCUT2D eigenvalue weighted by Crippen LogP contribution is -2.39. The first-order valence-corrected chi connectivity index (χ1v) is 6.28. The minimum Gasteiger partial charge on any atom is -0.480 e. The normalized spacial score (nSPS) is 11.1. The standard InChI is InChI=1S/C13H15N3O5/c14-11(17)7-15(8-12(18)19)5-6-16-9-3-1-2-4-10(9)21-13(16)20/h1-4H,5-8H2,(H2,14,17)(H,18,19). The Morgan fingerprint density at radius 3 is 2.67 bits per heavy atom. The Kier molecular flexibility index (Phi) is 4.39. The maximum Gasteiger partial charge on any atom is 0.419 e. The van der Waals surface area contributed by atoms with Gasteiger partial charge in [-0.25, -0.2) is 4.79 Å².